The Morgan fingerprint density at radius 1 is 0.689 bits per heavy atom. The molecule has 0 bridgehead atoms. The maximum atomic E-state index is 13.6. The lowest BCUT2D eigenvalue weighted by atomic mass is 10.0. The number of imide groups is 1. The molecule has 2 atom stereocenters. The number of thioether (sulfide) groups is 1. The highest BCUT2D eigenvalue weighted by Crippen LogP contribution is 2.39. The molecule has 0 saturated heterocycles. The van der Waals surface area contributed by atoms with E-state index < -0.39 is 52.4 Å². The first-order chi connectivity index (χ1) is 20.7. The van der Waals surface area contributed by atoms with E-state index in [0.29, 0.717) is 22.0 Å². The predicted octanol–water partition coefficient (Wildman–Crippen LogP) is 7.70. The van der Waals surface area contributed by atoms with Crippen molar-refractivity contribution in [1.82, 2.24) is 4.90 Å². The largest absolute Gasteiger partial charge is 0.514 e. The standard InChI is InChI=1S/C33H45NO10S/c1-31(2,3)42-28(36)34(29(37)43-32(4,5)6)25(27(35)40-11)26(45-20-21-12-16-23(39-10)17-13-21)22-14-18-24(19-15-22)41-30(38)44-33(7,8)9/h12-19,25-26H,20H2,1-11H3. The fraction of sp³-hybridized carbons (Fsp3) is 0.515. The van der Waals surface area contributed by atoms with Crippen LogP contribution in [-0.4, -0.2) is 66.3 Å². The molecule has 0 fully saturated rings. The van der Waals surface area contributed by atoms with E-state index in [0.717, 1.165) is 5.56 Å². The topological polar surface area (TPSA) is 127 Å². The Hall–Kier alpha value is -3.93. The average Bonchev–Trinajstić information content (AvgIpc) is 2.90. The number of nitrogens with zero attached hydrogens (tertiary/aromatic N) is 1. The third-order valence-corrected chi connectivity index (χ3v) is 6.97. The lowest BCUT2D eigenvalue weighted by Crippen LogP contribution is -2.54. The zero-order chi connectivity index (χ0) is 34.2. The Morgan fingerprint density at radius 3 is 1.58 bits per heavy atom. The van der Waals surface area contributed by atoms with E-state index in [4.69, 9.17) is 28.4 Å². The van der Waals surface area contributed by atoms with Gasteiger partial charge in [0.25, 0.3) is 0 Å². The second-order valence-corrected chi connectivity index (χ2v) is 14.1. The van der Waals surface area contributed by atoms with Crippen LogP contribution in [0.3, 0.4) is 0 Å². The van der Waals surface area contributed by atoms with E-state index in [9.17, 15) is 19.2 Å². The maximum absolute atomic E-state index is 13.6. The molecule has 0 aliphatic heterocycles. The Kier molecular flexibility index (Phi) is 12.7. The van der Waals surface area contributed by atoms with Crippen LogP contribution in [-0.2, 0) is 29.5 Å². The first-order valence-corrected chi connectivity index (χ1v) is 15.4. The van der Waals surface area contributed by atoms with E-state index in [1.165, 1.54) is 31.0 Å². The van der Waals surface area contributed by atoms with Gasteiger partial charge in [-0.3, -0.25) is 0 Å². The van der Waals surface area contributed by atoms with Gasteiger partial charge in [0.2, 0.25) is 0 Å². The summed E-state index contributed by atoms with van der Waals surface area (Å²) in [4.78, 5) is 53.7. The van der Waals surface area contributed by atoms with Crippen molar-refractivity contribution in [1.29, 1.82) is 0 Å². The van der Waals surface area contributed by atoms with Crippen LogP contribution in [0.25, 0.3) is 0 Å². The molecule has 0 aliphatic carbocycles. The summed E-state index contributed by atoms with van der Waals surface area (Å²) in [5.41, 5.74) is -1.33. The first-order valence-electron chi connectivity index (χ1n) is 14.3. The smallest absolute Gasteiger partial charge is 0.497 e. The number of hydrogen-bond acceptors (Lipinski definition) is 11. The minimum Gasteiger partial charge on any atom is -0.497 e. The molecule has 2 unspecified atom stereocenters. The van der Waals surface area contributed by atoms with Gasteiger partial charge in [-0.05, 0) is 97.7 Å². The highest BCUT2D eigenvalue weighted by molar-refractivity contribution is 7.98. The van der Waals surface area contributed by atoms with E-state index in [-0.39, 0.29) is 5.75 Å². The fourth-order valence-corrected chi connectivity index (χ4v) is 5.11. The number of rotatable bonds is 9. The Bertz CT molecular complexity index is 1280. The van der Waals surface area contributed by atoms with Crippen LogP contribution in [0.5, 0.6) is 11.5 Å². The van der Waals surface area contributed by atoms with Gasteiger partial charge in [0.05, 0.1) is 19.5 Å². The molecule has 2 aromatic carbocycles. The molecule has 0 heterocycles. The zero-order valence-electron chi connectivity index (χ0n) is 27.9. The Labute approximate surface area is 269 Å². The van der Waals surface area contributed by atoms with Gasteiger partial charge >= 0.3 is 24.3 Å². The number of amides is 2. The second-order valence-electron chi connectivity index (χ2n) is 13.0. The van der Waals surface area contributed by atoms with E-state index >= 15 is 0 Å². The van der Waals surface area contributed by atoms with Crippen LogP contribution in [0.15, 0.2) is 48.5 Å². The number of methoxy groups -OCH3 is 2. The highest BCUT2D eigenvalue weighted by Gasteiger charge is 2.46. The zero-order valence-corrected chi connectivity index (χ0v) is 28.7. The van der Waals surface area contributed by atoms with E-state index in [2.05, 4.69) is 0 Å². The monoisotopic (exact) mass is 647 g/mol. The van der Waals surface area contributed by atoms with Gasteiger partial charge in [-0.15, -0.1) is 11.8 Å². The predicted molar refractivity (Wildman–Crippen MR) is 170 cm³/mol. The summed E-state index contributed by atoms with van der Waals surface area (Å²) >= 11 is 1.29. The lowest BCUT2D eigenvalue weighted by molar-refractivity contribution is -0.146. The molecular formula is C33H45NO10S. The van der Waals surface area contributed by atoms with Crippen molar-refractivity contribution < 1.29 is 47.6 Å². The Balaban J connectivity index is 2.63. The molecule has 0 spiro atoms. The summed E-state index contributed by atoms with van der Waals surface area (Å²) in [7, 11) is 2.74. The maximum Gasteiger partial charge on any atom is 0.514 e. The molecule has 45 heavy (non-hydrogen) atoms. The van der Waals surface area contributed by atoms with Crippen LogP contribution >= 0.6 is 11.8 Å². The molecule has 0 aromatic heterocycles. The number of ether oxygens (including phenoxy) is 6. The summed E-state index contributed by atoms with van der Waals surface area (Å²) in [6, 6.07) is 12.1. The molecule has 2 aromatic rings. The third-order valence-electron chi connectivity index (χ3n) is 5.58. The van der Waals surface area contributed by atoms with Gasteiger partial charge in [-0.2, -0.15) is 4.90 Å². The van der Waals surface area contributed by atoms with Gasteiger partial charge in [-0.25, -0.2) is 19.2 Å². The van der Waals surface area contributed by atoms with Gasteiger partial charge in [-0.1, -0.05) is 24.3 Å². The molecule has 0 N–H and O–H groups in total. The minimum absolute atomic E-state index is 0.192. The van der Waals surface area contributed by atoms with E-state index in [1.54, 1.807) is 93.7 Å². The highest BCUT2D eigenvalue weighted by atomic mass is 32.2. The van der Waals surface area contributed by atoms with Gasteiger partial charge in [0.1, 0.15) is 28.3 Å². The Morgan fingerprint density at radius 2 is 1.16 bits per heavy atom. The van der Waals surface area contributed by atoms with Crippen LogP contribution in [0.1, 0.15) is 78.7 Å². The van der Waals surface area contributed by atoms with Crippen molar-refractivity contribution in [2.24, 2.45) is 0 Å². The van der Waals surface area contributed by atoms with Crippen molar-refractivity contribution in [3.63, 3.8) is 0 Å². The molecule has 2 amide bonds. The summed E-state index contributed by atoms with van der Waals surface area (Å²) in [5.74, 6) is 0.370. The SMILES string of the molecule is COC(=O)C(C(SCc1ccc(OC)cc1)c1ccc(OC(=O)OC(C)(C)C)cc1)N(C(=O)OC(C)(C)C)C(=O)OC(C)(C)C. The number of hydrogen-bond donors (Lipinski definition) is 0. The van der Waals surface area contributed by atoms with Crippen molar-refractivity contribution in [3.05, 3.63) is 59.7 Å². The molecule has 248 valence electrons. The molecule has 12 heteroatoms. The fourth-order valence-electron chi connectivity index (χ4n) is 3.78. The average molecular weight is 648 g/mol. The van der Waals surface area contributed by atoms with Crippen LogP contribution in [0.2, 0.25) is 0 Å². The van der Waals surface area contributed by atoms with Crippen molar-refractivity contribution in [3.8, 4) is 11.5 Å². The summed E-state index contributed by atoms with van der Waals surface area (Å²) in [6.45, 7) is 15.0. The molecule has 2 rings (SSSR count). The van der Waals surface area contributed by atoms with Crippen molar-refractivity contribution >= 4 is 36.1 Å². The van der Waals surface area contributed by atoms with Crippen LogP contribution in [0, 0.1) is 0 Å². The molecular weight excluding hydrogens is 602 g/mol. The summed E-state index contributed by atoms with van der Waals surface area (Å²) in [5, 5.41) is -0.879. The van der Waals surface area contributed by atoms with E-state index in [1.807, 2.05) is 12.1 Å². The van der Waals surface area contributed by atoms with Crippen LogP contribution < -0.4 is 9.47 Å². The van der Waals surface area contributed by atoms with Gasteiger partial charge < -0.3 is 28.4 Å². The van der Waals surface area contributed by atoms with Crippen molar-refractivity contribution in [2.45, 2.75) is 96.2 Å². The molecule has 11 nitrogen and oxygen atoms in total. The van der Waals surface area contributed by atoms with Gasteiger partial charge in [0.15, 0.2) is 6.04 Å². The first kappa shape index (κ1) is 37.3. The second kappa shape index (κ2) is 15.4. The van der Waals surface area contributed by atoms with Crippen molar-refractivity contribution in [2.75, 3.05) is 14.2 Å². The van der Waals surface area contributed by atoms with Crippen LogP contribution in [0.4, 0.5) is 14.4 Å². The molecule has 0 aliphatic rings. The summed E-state index contributed by atoms with van der Waals surface area (Å²) in [6.07, 6.45) is -3.03. The quantitative estimate of drug-likeness (QED) is 0.151. The minimum atomic E-state index is -1.51. The molecule has 0 radical (unpaired) electrons. The normalized spacial score (nSPS) is 13.1. The number of carbonyl (C=O) groups is 4. The molecule has 0 saturated carbocycles. The number of esters is 1. The number of carbonyl (C=O) groups excluding carboxylic acids is 4. The van der Waals surface area contributed by atoms with Gasteiger partial charge in [0, 0.05) is 5.75 Å². The lowest BCUT2D eigenvalue weighted by Gasteiger charge is -2.35. The number of benzene rings is 2. The third kappa shape index (κ3) is 12.5. The summed E-state index contributed by atoms with van der Waals surface area (Å²) < 4.78 is 32.1.